The van der Waals surface area contributed by atoms with Crippen molar-refractivity contribution >= 4 is 5.97 Å². The zero-order chi connectivity index (χ0) is 34.5. The van der Waals surface area contributed by atoms with E-state index in [1.165, 1.54) is 50.4 Å². The number of carbonyl (C=O) groups is 1. The molecule has 0 amide bonds. The highest BCUT2D eigenvalue weighted by atomic mass is 19.4. The fourth-order valence-corrected chi connectivity index (χ4v) is 10.1. The molecule has 1 aromatic rings. The molecule has 0 saturated heterocycles. The smallest absolute Gasteiger partial charge is 0.417 e. The van der Waals surface area contributed by atoms with Crippen LogP contribution in [0.2, 0.25) is 0 Å². The topological polar surface area (TPSA) is 46.5 Å². The van der Waals surface area contributed by atoms with E-state index in [0.29, 0.717) is 36.5 Å². The molecule has 3 saturated carbocycles. The van der Waals surface area contributed by atoms with Gasteiger partial charge in [0.05, 0.1) is 13.0 Å². The number of hydrogen-bond acceptors (Lipinski definition) is 3. The molecule has 8 atom stereocenters. The van der Waals surface area contributed by atoms with Gasteiger partial charge in [0.1, 0.15) is 0 Å². The third-order valence-corrected chi connectivity index (χ3v) is 13.5. The lowest BCUT2D eigenvalue weighted by Crippen LogP contribution is -2.59. The first-order valence-corrected chi connectivity index (χ1v) is 18.3. The molecule has 1 N–H and O–H groups in total. The largest absolute Gasteiger partial charge is 0.469 e. The lowest BCUT2D eigenvalue weighted by atomic mass is 9.50. The SMILES string of the molecule is CCC(C)(C)CCC1CCC2=C3C(c4ccc(C#CC5=CCC(C(=O)OC)C=C5)cc4)CC4(C)C(CC[C@@]4(O)C(F)(F)F)C3CCC2C1. The van der Waals surface area contributed by atoms with Gasteiger partial charge in [-0.05, 0) is 123 Å². The molecule has 260 valence electrons. The Hall–Kier alpha value is -2.78. The van der Waals surface area contributed by atoms with Gasteiger partial charge in [0.2, 0.25) is 0 Å². The molecule has 0 radical (unpaired) electrons. The quantitative estimate of drug-likeness (QED) is 0.187. The minimum Gasteiger partial charge on any atom is -0.469 e. The summed E-state index contributed by atoms with van der Waals surface area (Å²) in [7, 11) is 1.39. The summed E-state index contributed by atoms with van der Waals surface area (Å²) in [5.74, 6) is 6.90. The lowest BCUT2D eigenvalue weighted by Gasteiger charge is -2.56. The molecule has 3 nitrogen and oxygen atoms in total. The maximum absolute atomic E-state index is 14.7. The lowest BCUT2D eigenvalue weighted by molar-refractivity contribution is -0.299. The molecule has 0 heterocycles. The Morgan fingerprint density at radius 1 is 1.08 bits per heavy atom. The Morgan fingerprint density at radius 3 is 2.48 bits per heavy atom. The van der Waals surface area contributed by atoms with E-state index < -0.39 is 17.2 Å². The maximum Gasteiger partial charge on any atom is 0.417 e. The summed E-state index contributed by atoms with van der Waals surface area (Å²) in [4.78, 5) is 11.8. The zero-order valence-corrected chi connectivity index (χ0v) is 29.4. The van der Waals surface area contributed by atoms with Gasteiger partial charge in [0.15, 0.2) is 5.60 Å². The van der Waals surface area contributed by atoms with Crippen LogP contribution in [0.3, 0.4) is 0 Å². The van der Waals surface area contributed by atoms with Gasteiger partial charge in [0.25, 0.3) is 0 Å². The van der Waals surface area contributed by atoms with Gasteiger partial charge < -0.3 is 9.84 Å². The number of hydrogen-bond donors (Lipinski definition) is 1. The van der Waals surface area contributed by atoms with Gasteiger partial charge in [0, 0.05) is 22.5 Å². The summed E-state index contributed by atoms with van der Waals surface area (Å²) in [6.45, 7) is 8.74. The molecule has 0 bridgehead atoms. The molecule has 0 aliphatic heterocycles. The molecular formula is C42H53F3O3. The van der Waals surface area contributed by atoms with E-state index in [4.69, 9.17) is 4.74 Å². The summed E-state index contributed by atoms with van der Waals surface area (Å²) in [5, 5.41) is 11.5. The number of carbonyl (C=O) groups excluding carboxylic acids is 1. The van der Waals surface area contributed by atoms with Crippen LogP contribution in [0, 0.1) is 52.3 Å². The molecule has 5 aliphatic rings. The molecular weight excluding hydrogens is 609 g/mol. The van der Waals surface area contributed by atoms with Crippen LogP contribution in [0.5, 0.6) is 0 Å². The van der Waals surface area contributed by atoms with Crippen molar-refractivity contribution in [2.24, 2.45) is 40.4 Å². The van der Waals surface area contributed by atoms with E-state index in [0.717, 1.165) is 36.0 Å². The number of fused-ring (bicyclic) bond motifs is 4. The summed E-state index contributed by atoms with van der Waals surface area (Å²) in [6, 6.07) is 8.09. The van der Waals surface area contributed by atoms with Gasteiger partial charge in [-0.25, -0.2) is 0 Å². The molecule has 3 fully saturated rings. The summed E-state index contributed by atoms with van der Waals surface area (Å²) < 4.78 is 48.8. The molecule has 5 aliphatic carbocycles. The van der Waals surface area contributed by atoms with Gasteiger partial charge in [-0.2, -0.15) is 13.2 Å². The minimum atomic E-state index is -4.66. The summed E-state index contributed by atoms with van der Waals surface area (Å²) in [6.07, 6.45) is 11.1. The normalized spacial score (nSPS) is 34.7. The van der Waals surface area contributed by atoms with Crippen molar-refractivity contribution < 1.29 is 27.8 Å². The number of esters is 1. The molecule has 0 aromatic heterocycles. The number of benzene rings is 1. The van der Waals surface area contributed by atoms with Crippen LogP contribution >= 0.6 is 0 Å². The van der Waals surface area contributed by atoms with E-state index in [1.54, 1.807) is 6.92 Å². The van der Waals surface area contributed by atoms with Crippen LogP contribution in [-0.4, -0.2) is 30.0 Å². The minimum absolute atomic E-state index is 0.0882. The molecule has 6 heteroatoms. The second-order valence-corrected chi connectivity index (χ2v) is 16.5. The molecule has 1 aromatic carbocycles. The standard InChI is InChI=1S/C42H53F3O3/c1-6-39(2,3)23-21-29-13-19-33-32(25-29)18-20-34-36-22-24-41(47,42(43,44)45)40(36,4)26-35(37(33)34)30-14-9-27(10-15-30)7-8-28-11-16-31(17-12-28)38(46)48-5/h9-12,14-16,29,31-32,34-36,47H,6,13,17-26H2,1-5H3/t29?,31?,32?,34?,35?,36?,40?,41-/m0/s1. The van der Waals surface area contributed by atoms with E-state index in [1.807, 2.05) is 30.4 Å². The van der Waals surface area contributed by atoms with Crippen LogP contribution in [0.1, 0.15) is 122 Å². The van der Waals surface area contributed by atoms with Gasteiger partial charge in [-0.1, -0.05) is 81.4 Å². The number of allylic oxidation sites excluding steroid dienone is 5. The fourth-order valence-electron chi connectivity index (χ4n) is 10.1. The average molecular weight is 663 g/mol. The highest BCUT2D eigenvalue weighted by molar-refractivity contribution is 5.75. The Morgan fingerprint density at radius 2 is 1.83 bits per heavy atom. The zero-order valence-electron chi connectivity index (χ0n) is 29.4. The second-order valence-electron chi connectivity index (χ2n) is 16.5. The first-order valence-electron chi connectivity index (χ1n) is 18.3. The van der Waals surface area contributed by atoms with Crippen molar-refractivity contribution in [2.45, 2.75) is 122 Å². The Kier molecular flexibility index (Phi) is 9.61. The average Bonchev–Trinajstić information content (AvgIpc) is 3.37. The highest BCUT2D eigenvalue weighted by Crippen LogP contribution is 2.69. The number of halogens is 3. The van der Waals surface area contributed by atoms with Crippen molar-refractivity contribution in [1.82, 2.24) is 0 Å². The van der Waals surface area contributed by atoms with Crippen molar-refractivity contribution in [2.75, 3.05) is 7.11 Å². The second kappa shape index (κ2) is 13.2. The van der Waals surface area contributed by atoms with Crippen LogP contribution < -0.4 is 0 Å². The Balaban J connectivity index is 1.30. The van der Waals surface area contributed by atoms with Crippen molar-refractivity contribution in [1.29, 1.82) is 0 Å². The fraction of sp³-hybridized carbons (Fsp3) is 0.643. The van der Waals surface area contributed by atoms with Crippen molar-refractivity contribution in [3.63, 3.8) is 0 Å². The predicted molar refractivity (Wildman–Crippen MR) is 184 cm³/mol. The summed E-state index contributed by atoms with van der Waals surface area (Å²) in [5.41, 5.74) is 2.13. The van der Waals surface area contributed by atoms with Crippen LogP contribution in [0.4, 0.5) is 13.2 Å². The Labute approximate surface area is 285 Å². The highest BCUT2D eigenvalue weighted by Gasteiger charge is 2.72. The van der Waals surface area contributed by atoms with Crippen molar-refractivity contribution in [3.8, 4) is 11.8 Å². The third-order valence-electron chi connectivity index (χ3n) is 13.5. The number of rotatable bonds is 6. The van der Waals surface area contributed by atoms with E-state index in [-0.39, 0.29) is 36.1 Å². The van der Waals surface area contributed by atoms with Gasteiger partial charge in [-0.3, -0.25) is 4.79 Å². The molecule has 7 unspecified atom stereocenters. The maximum atomic E-state index is 14.7. The monoisotopic (exact) mass is 662 g/mol. The summed E-state index contributed by atoms with van der Waals surface area (Å²) >= 11 is 0. The first-order chi connectivity index (χ1) is 22.7. The van der Waals surface area contributed by atoms with Crippen LogP contribution in [0.25, 0.3) is 0 Å². The van der Waals surface area contributed by atoms with Crippen molar-refractivity contribution in [3.05, 3.63) is 70.3 Å². The number of ether oxygens (including phenoxy) is 1. The van der Waals surface area contributed by atoms with Crippen LogP contribution in [-0.2, 0) is 9.53 Å². The number of methoxy groups -OCH3 is 1. The predicted octanol–water partition coefficient (Wildman–Crippen LogP) is 10.2. The van der Waals surface area contributed by atoms with E-state index >= 15 is 0 Å². The number of alkyl halides is 3. The van der Waals surface area contributed by atoms with E-state index in [9.17, 15) is 23.1 Å². The molecule has 48 heavy (non-hydrogen) atoms. The van der Waals surface area contributed by atoms with Gasteiger partial charge >= 0.3 is 12.1 Å². The van der Waals surface area contributed by atoms with Gasteiger partial charge in [-0.15, -0.1) is 0 Å². The van der Waals surface area contributed by atoms with Crippen LogP contribution in [0.15, 0.2) is 59.2 Å². The third kappa shape index (κ3) is 6.34. The number of aliphatic hydroxyl groups is 1. The first kappa shape index (κ1) is 35.1. The Bertz CT molecular complexity index is 1540. The van der Waals surface area contributed by atoms with E-state index in [2.05, 4.69) is 44.7 Å². The molecule has 0 spiro atoms. The molecule has 6 rings (SSSR count).